The Bertz CT molecular complexity index is 601. The molecule has 1 unspecified atom stereocenters. The molecular weight excluding hydrogens is 376 g/mol. The van der Waals surface area contributed by atoms with Crippen molar-refractivity contribution in [2.45, 2.75) is 120 Å². The van der Waals surface area contributed by atoms with Crippen LogP contribution in [0.4, 0.5) is 0 Å². The van der Waals surface area contributed by atoms with Gasteiger partial charge in [-0.15, -0.1) is 0 Å². The first-order valence-electron chi connectivity index (χ1n) is 12.9. The molecule has 3 heteroatoms. The summed E-state index contributed by atoms with van der Waals surface area (Å²) in [6, 6.07) is 0. The van der Waals surface area contributed by atoms with Gasteiger partial charge >= 0.3 is 5.97 Å². The summed E-state index contributed by atoms with van der Waals surface area (Å²) in [6.45, 7) is 7.20. The molecule has 5 aliphatic carbocycles. The molecule has 6 fully saturated rings. The van der Waals surface area contributed by atoms with Crippen molar-refractivity contribution in [3.8, 4) is 0 Å². The van der Waals surface area contributed by atoms with Crippen LogP contribution in [0.2, 0.25) is 0 Å². The van der Waals surface area contributed by atoms with Gasteiger partial charge in [0.25, 0.3) is 0 Å². The number of carbonyl (C=O) groups is 1. The van der Waals surface area contributed by atoms with E-state index in [0.717, 1.165) is 24.7 Å². The molecule has 29 heavy (non-hydrogen) atoms. The van der Waals surface area contributed by atoms with Crippen molar-refractivity contribution in [2.24, 2.45) is 23.7 Å². The maximum atomic E-state index is 14.3. The van der Waals surface area contributed by atoms with Crippen LogP contribution < -0.4 is 0 Å². The van der Waals surface area contributed by atoms with Gasteiger partial charge in [-0.25, -0.2) is 10.0 Å². The molecule has 5 saturated carbocycles. The van der Waals surface area contributed by atoms with Crippen LogP contribution in [0.5, 0.6) is 0 Å². The molecular formula is C26H44O2S. The van der Waals surface area contributed by atoms with Crippen LogP contribution in [0.15, 0.2) is 0 Å². The lowest BCUT2D eigenvalue weighted by Crippen LogP contribution is -2.60. The molecule has 0 spiro atoms. The van der Waals surface area contributed by atoms with Gasteiger partial charge in [0.1, 0.15) is 5.60 Å². The van der Waals surface area contributed by atoms with Gasteiger partial charge < -0.3 is 4.74 Å². The fourth-order valence-electron chi connectivity index (χ4n) is 8.80. The lowest BCUT2D eigenvalue weighted by molar-refractivity contribution is -0.205. The molecule has 0 aromatic heterocycles. The van der Waals surface area contributed by atoms with Crippen LogP contribution in [0.25, 0.3) is 0 Å². The van der Waals surface area contributed by atoms with Gasteiger partial charge in [0, 0.05) is 0 Å². The second-order valence-electron chi connectivity index (χ2n) is 11.7. The van der Waals surface area contributed by atoms with Gasteiger partial charge in [-0.05, 0) is 112 Å². The van der Waals surface area contributed by atoms with E-state index in [4.69, 9.17) is 4.74 Å². The molecule has 0 N–H and O–H groups in total. The summed E-state index contributed by atoms with van der Waals surface area (Å²) in [4.78, 5) is 14.3. The van der Waals surface area contributed by atoms with Gasteiger partial charge in [-0.3, -0.25) is 4.79 Å². The van der Waals surface area contributed by atoms with Crippen molar-refractivity contribution < 1.29 is 9.53 Å². The van der Waals surface area contributed by atoms with Crippen molar-refractivity contribution in [1.29, 1.82) is 0 Å². The third-order valence-electron chi connectivity index (χ3n) is 10.5. The molecule has 2 nitrogen and oxygen atoms in total. The first kappa shape index (κ1) is 20.7. The summed E-state index contributed by atoms with van der Waals surface area (Å²) in [5.41, 5.74) is -0.162. The molecule has 1 heterocycles. The highest BCUT2D eigenvalue weighted by Crippen LogP contribution is 2.71. The number of rotatable bonds is 5. The quantitative estimate of drug-likeness (QED) is 0.455. The lowest BCUT2D eigenvalue weighted by atomic mass is 9.50. The van der Waals surface area contributed by atoms with Crippen LogP contribution in [0.3, 0.4) is 0 Å². The summed E-state index contributed by atoms with van der Waals surface area (Å²) < 4.78 is 6.75. The van der Waals surface area contributed by atoms with E-state index in [0.29, 0.717) is 17.1 Å². The van der Waals surface area contributed by atoms with Crippen LogP contribution in [-0.2, 0) is 9.53 Å². The predicted octanol–water partition coefficient (Wildman–Crippen LogP) is 6.84. The van der Waals surface area contributed by atoms with Gasteiger partial charge in [-0.1, -0.05) is 33.1 Å². The Morgan fingerprint density at radius 3 is 2.00 bits per heavy atom. The van der Waals surface area contributed by atoms with Crippen molar-refractivity contribution in [3.63, 3.8) is 0 Å². The van der Waals surface area contributed by atoms with Gasteiger partial charge in [-0.2, -0.15) is 0 Å². The minimum atomic E-state index is -0.943. The van der Waals surface area contributed by atoms with Crippen molar-refractivity contribution in [2.75, 3.05) is 11.5 Å². The molecule has 1 atom stereocenters. The number of hydrogen-bond donors (Lipinski definition) is 0. The number of ether oxygens (including phenoxy) is 1. The summed E-state index contributed by atoms with van der Waals surface area (Å²) in [5.74, 6) is 6.10. The average Bonchev–Trinajstić information content (AvgIpc) is 3.23. The van der Waals surface area contributed by atoms with E-state index < -0.39 is 10.0 Å². The summed E-state index contributed by atoms with van der Waals surface area (Å²) in [7, 11) is -0.943. The summed E-state index contributed by atoms with van der Waals surface area (Å²) >= 11 is 0. The zero-order chi connectivity index (χ0) is 20.3. The minimum Gasteiger partial charge on any atom is -0.458 e. The number of hydrogen-bond acceptors (Lipinski definition) is 2. The Balaban J connectivity index is 1.46. The van der Waals surface area contributed by atoms with Crippen LogP contribution in [-0.4, -0.2) is 33.1 Å². The number of carbonyl (C=O) groups excluding carboxylic acids is 1. The molecule has 0 aromatic rings. The highest BCUT2D eigenvalue weighted by molar-refractivity contribution is 8.35. The molecule has 1 saturated heterocycles. The third-order valence-corrected chi connectivity index (χ3v) is 16.5. The SMILES string of the molecule is CCC(C)S1(C2(C(=O)OC3(C)C4CC5CC(C4)CC3C5)CCCC2)CCCCC1. The smallest absolute Gasteiger partial charge is 0.321 e. The van der Waals surface area contributed by atoms with Crippen LogP contribution >= 0.6 is 10.0 Å². The fraction of sp³-hybridized carbons (Fsp3) is 0.962. The Labute approximate surface area is 180 Å². The molecule has 1 aliphatic heterocycles. The lowest BCUT2D eigenvalue weighted by Gasteiger charge is -2.62. The highest BCUT2D eigenvalue weighted by Gasteiger charge is 2.61. The Hall–Kier alpha value is -0.180. The summed E-state index contributed by atoms with van der Waals surface area (Å²) in [6.07, 6.45) is 16.8. The zero-order valence-electron chi connectivity index (χ0n) is 19.2. The topological polar surface area (TPSA) is 26.3 Å². The Kier molecular flexibility index (Phi) is 5.32. The predicted molar refractivity (Wildman–Crippen MR) is 124 cm³/mol. The molecule has 6 aliphatic rings. The maximum Gasteiger partial charge on any atom is 0.321 e. The second-order valence-corrected chi connectivity index (χ2v) is 16.0. The van der Waals surface area contributed by atoms with Gasteiger partial charge in [0.2, 0.25) is 0 Å². The van der Waals surface area contributed by atoms with Gasteiger partial charge in [0.05, 0.1) is 4.75 Å². The standard InChI is InChI=1S/C26H44O2S/c1-4-19(2)29(12-8-5-9-13-29)26(10-6-7-11-26)24(27)28-25(3)22-15-20-14-21(17-22)18-23(25)16-20/h19-23H,4-18H2,1-3H3. The third kappa shape index (κ3) is 2.99. The van der Waals surface area contributed by atoms with E-state index in [1.54, 1.807) is 0 Å². The average molecular weight is 421 g/mol. The molecule has 0 aromatic carbocycles. The molecule has 166 valence electrons. The molecule has 0 radical (unpaired) electrons. The van der Waals surface area contributed by atoms with Crippen LogP contribution in [0, 0.1) is 23.7 Å². The normalized spacial score (nSPS) is 44.4. The first-order chi connectivity index (χ1) is 13.9. The largest absolute Gasteiger partial charge is 0.458 e. The molecule has 0 amide bonds. The Morgan fingerprint density at radius 1 is 0.931 bits per heavy atom. The fourth-order valence-corrected chi connectivity index (χ4v) is 14.9. The highest BCUT2D eigenvalue weighted by atomic mass is 32.3. The van der Waals surface area contributed by atoms with E-state index >= 15 is 0 Å². The Morgan fingerprint density at radius 2 is 1.48 bits per heavy atom. The maximum absolute atomic E-state index is 14.3. The van der Waals surface area contributed by atoms with Gasteiger partial charge in [0.15, 0.2) is 0 Å². The monoisotopic (exact) mass is 420 g/mol. The molecule has 4 bridgehead atoms. The van der Waals surface area contributed by atoms with Crippen molar-refractivity contribution in [3.05, 3.63) is 0 Å². The van der Waals surface area contributed by atoms with E-state index in [9.17, 15) is 4.79 Å². The van der Waals surface area contributed by atoms with Crippen molar-refractivity contribution in [1.82, 2.24) is 0 Å². The van der Waals surface area contributed by atoms with E-state index in [-0.39, 0.29) is 16.3 Å². The van der Waals surface area contributed by atoms with E-state index in [2.05, 4.69) is 20.8 Å². The minimum absolute atomic E-state index is 0.111. The van der Waals surface area contributed by atoms with E-state index in [1.165, 1.54) is 82.1 Å². The number of esters is 1. The molecule has 6 rings (SSSR count). The van der Waals surface area contributed by atoms with Crippen LogP contribution in [0.1, 0.15) is 104 Å². The van der Waals surface area contributed by atoms with Crippen molar-refractivity contribution >= 4 is 16.0 Å². The second kappa shape index (κ2) is 7.45. The first-order valence-corrected chi connectivity index (χ1v) is 15.0. The zero-order valence-corrected chi connectivity index (χ0v) is 20.0. The van der Waals surface area contributed by atoms with E-state index in [1.807, 2.05) is 0 Å². The summed E-state index contributed by atoms with van der Waals surface area (Å²) in [5, 5.41) is 0.708.